The Bertz CT molecular complexity index is 949. The van der Waals surface area contributed by atoms with Gasteiger partial charge in [-0.2, -0.15) is 4.31 Å². The summed E-state index contributed by atoms with van der Waals surface area (Å²) in [5.41, 5.74) is 0.905. The van der Waals surface area contributed by atoms with Crippen molar-refractivity contribution in [2.24, 2.45) is 0 Å². The van der Waals surface area contributed by atoms with Gasteiger partial charge in [0.1, 0.15) is 0 Å². The molecule has 1 saturated heterocycles. The molecule has 0 saturated carbocycles. The summed E-state index contributed by atoms with van der Waals surface area (Å²) < 4.78 is 27.5. The number of benzene rings is 2. The number of amides is 2. The molecule has 0 unspecified atom stereocenters. The van der Waals surface area contributed by atoms with Crippen molar-refractivity contribution < 1.29 is 18.0 Å². The van der Waals surface area contributed by atoms with Crippen molar-refractivity contribution in [3.05, 3.63) is 66.2 Å². The number of nitrogens with zero attached hydrogens (tertiary/aromatic N) is 1. The van der Waals surface area contributed by atoms with Crippen LogP contribution in [0, 0.1) is 0 Å². The minimum atomic E-state index is -3.58. The van der Waals surface area contributed by atoms with Crippen LogP contribution < -0.4 is 10.6 Å². The first-order valence-corrected chi connectivity index (χ1v) is 11.6. The van der Waals surface area contributed by atoms with E-state index in [1.54, 1.807) is 30.3 Å². The second kappa shape index (κ2) is 10.4. The molecule has 2 N–H and O–H groups in total. The number of piperidine rings is 1. The Morgan fingerprint density at radius 1 is 0.900 bits per heavy atom. The maximum absolute atomic E-state index is 13.0. The lowest BCUT2D eigenvalue weighted by Gasteiger charge is -2.34. The number of nitrogens with one attached hydrogen (secondary N) is 2. The Kier molecular flexibility index (Phi) is 7.59. The van der Waals surface area contributed by atoms with Gasteiger partial charge in [0.25, 0.3) is 0 Å². The van der Waals surface area contributed by atoms with Crippen molar-refractivity contribution in [1.82, 2.24) is 14.9 Å². The highest BCUT2D eigenvalue weighted by molar-refractivity contribution is 7.89. The normalized spacial score (nSPS) is 17.3. The molecule has 2 aromatic rings. The summed E-state index contributed by atoms with van der Waals surface area (Å²) in [6.07, 6.45) is 2.96. The van der Waals surface area contributed by atoms with Crippen molar-refractivity contribution in [2.45, 2.75) is 43.2 Å². The standard InChI is InChI=1S/C22H27N3O4S/c26-21(22(27)24-17-18-9-3-1-4-10-18)23-15-14-19-11-7-8-16-25(19)30(28,29)20-12-5-2-6-13-20/h1-6,9-10,12-13,19H,7-8,11,14-17H2,(H,23,26)(H,24,27)/t19-/m1/s1. The Hall–Kier alpha value is -2.71. The molecule has 2 aromatic carbocycles. The smallest absolute Gasteiger partial charge is 0.309 e. The maximum Gasteiger partial charge on any atom is 0.309 e. The Labute approximate surface area is 177 Å². The highest BCUT2D eigenvalue weighted by atomic mass is 32.2. The Morgan fingerprint density at radius 3 is 2.23 bits per heavy atom. The average molecular weight is 430 g/mol. The zero-order valence-electron chi connectivity index (χ0n) is 16.8. The van der Waals surface area contributed by atoms with Crippen molar-refractivity contribution in [3.8, 4) is 0 Å². The lowest BCUT2D eigenvalue weighted by Crippen LogP contribution is -2.46. The third-order valence-electron chi connectivity index (χ3n) is 5.19. The molecular formula is C22H27N3O4S. The van der Waals surface area contributed by atoms with Crippen LogP contribution in [0.4, 0.5) is 0 Å². The van der Waals surface area contributed by atoms with Crippen LogP contribution in [0.3, 0.4) is 0 Å². The van der Waals surface area contributed by atoms with Gasteiger partial charge in [0, 0.05) is 25.7 Å². The van der Waals surface area contributed by atoms with Gasteiger partial charge in [0.2, 0.25) is 10.0 Å². The molecule has 3 rings (SSSR count). The first kappa shape index (κ1) is 22.0. The molecule has 0 radical (unpaired) electrons. The van der Waals surface area contributed by atoms with E-state index < -0.39 is 21.8 Å². The molecule has 1 atom stereocenters. The van der Waals surface area contributed by atoms with Gasteiger partial charge in [-0.15, -0.1) is 0 Å². The van der Waals surface area contributed by atoms with Crippen molar-refractivity contribution in [1.29, 1.82) is 0 Å². The largest absolute Gasteiger partial charge is 0.348 e. The van der Waals surface area contributed by atoms with Gasteiger partial charge in [0.15, 0.2) is 0 Å². The van der Waals surface area contributed by atoms with Gasteiger partial charge in [-0.05, 0) is 37.0 Å². The van der Waals surface area contributed by atoms with Crippen LogP contribution in [-0.2, 0) is 26.2 Å². The van der Waals surface area contributed by atoms with Gasteiger partial charge in [-0.1, -0.05) is 55.0 Å². The number of hydrogen-bond donors (Lipinski definition) is 2. The summed E-state index contributed by atoms with van der Waals surface area (Å²) in [4.78, 5) is 24.3. The van der Waals surface area contributed by atoms with Crippen LogP contribution in [0.25, 0.3) is 0 Å². The topological polar surface area (TPSA) is 95.6 Å². The highest BCUT2D eigenvalue weighted by Gasteiger charge is 2.33. The molecular weight excluding hydrogens is 402 g/mol. The molecule has 1 fully saturated rings. The second-order valence-corrected chi connectivity index (χ2v) is 9.18. The number of hydrogen-bond acceptors (Lipinski definition) is 4. The fraction of sp³-hybridized carbons (Fsp3) is 0.364. The molecule has 0 bridgehead atoms. The SMILES string of the molecule is O=C(NCC[C@H]1CCCCN1S(=O)(=O)c1ccccc1)C(=O)NCc1ccccc1. The zero-order chi connectivity index (χ0) is 21.4. The lowest BCUT2D eigenvalue weighted by molar-refractivity contribution is -0.139. The second-order valence-electron chi connectivity index (χ2n) is 7.29. The van der Waals surface area contributed by atoms with Crippen LogP contribution in [-0.4, -0.2) is 43.7 Å². The molecule has 1 aliphatic heterocycles. The third kappa shape index (κ3) is 5.67. The van der Waals surface area contributed by atoms with Crippen molar-refractivity contribution >= 4 is 21.8 Å². The first-order chi connectivity index (χ1) is 14.5. The van der Waals surface area contributed by atoms with Crippen molar-refractivity contribution in [3.63, 3.8) is 0 Å². The zero-order valence-corrected chi connectivity index (χ0v) is 17.6. The van der Waals surface area contributed by atoms with Crippen LogP contribution in [0.15, 0.2) is 65.6 Å². The van der Waals surface area contributed by atoms with Gasteiger partial charge in [0.05, 0.1) is 4.90 Å². The van der Waals surface area contributed by atoms with E-state index in [0.717, 1.165) is 24.8 Å². The van der Waals surface area contributed by atoms with Crippen molar-refractivity contribution in [2.75, 3.05) is 13.1 Å². The molecule has 0 aliphatic carbocycles. The van der Waals surface area contributed by atoms with Gasteiger partial charge in [-0.25, -0.2) is 8.42 Å². The minimum absolute atomic E-state index is 0.198. The summed E-state index contributed by atoms with van der Waals surface area (Å²) in [6, 6.07) is 17.5. The molecule has 160 valence electrons. The van der Waals surface area contributed by atoms with E-state index in [0.29, 0.717) is 13.0 Å². The molecule has 1 heterocycles. The molecule has 1 aliphatic rings. The summed E-state index contributed by atoms with van der Waals surface area (Å²) in [7, 11) is -3.58. The summed E-state index contributed by atoms with van der Waals surface area (Å²) >= 11 is 0. The lowest BCUT2D eigenvalue weighted by atomic mass is 10.0. The van der Waals surface area contributed by atoms with E-state index >= 15 is 0 Å². The summed E-state index contributed by atoms with van der Waals surface area (Å²) in [6.45, 7) is 0.981. The molecule has 8 heteroatoms. The van der Waals surface area contributed by atoms with Crippen LogP contribution in [0.2, 0.25) is 0 Å². The fourth-order valence-corrected chi connectivity index (χ4v) is 5.34. The molecule has 0 spiro atoms. The fourth-order valence-electron chi connectivity index (χ4n) is 3.60. The third-order valence-corrected chi connectivity index (χ3v) is 7.15. The number of carbonyl (C=O) groups is 2. The van der Waals surface area contributed by atoms with E-state index in [4.69, 9.17) is 0 Å². The van der Waals surface area contributed by atoms with Crippen LogP contribution >= 0.6 is 0 Å². The van der Waals surface area contributed by atoms with E-state index in [-0.39, 0.29) is 24.0 Å². The highest BCUT2D eigenvalue weighted by Crippen LogP contribution is 2.26. The summed E-state index contributed by atoms with van der Waals surface area (Å²) in [5, 5.41) is 5.19. The van der Waals surface area contributed by atoms with Gasteiger partial charge < -0.3 is 10.6 Å². The number of carbonyl (C=O) groups excluding carboxylic acids is 2. The Balaban J connectivity index is 1.51. The predicted octanol–water partition coefficient (Wildman–Crippen LogP) is 2.05. The average Bonchev–Trinajstić information content (AvgIpc) is 2.79. The van der Waals surface area contributed by atoms with E-state index in [9.17, 15) is 18.0 Å². The quantitative estimate of drug-likeness (QED) is 0.659. The van der Waals surface area contributed by atoms with E-state index in [1.165, 1.54) is 4.31 Å². The van der Waals surface area contributed by atoms with E-state index in [2.05, 4.69) is 10.6 Å². The predicted molar refractivity (Wildman–Crippen MR) is 114 cm³/mol. The van der Waals surface area contributed by atoms with E-state index in [1.807, 2.05) is 30.3 Å². The van der Waals surface area contributed by atoms with Crippen LogP contribution in [0.5, 0.6) is 0 Å². The molecule has 0 aromatic heterocycles. The minimum Gasteiger partial charge on any atom is -0.348 e. The summed E-state index contributed by atoms with van der Waals surface area (Å²) in [5.74, 6) is -1.41. The molecule has 7 nitrogen and oxygen atoms in total. The van der Waals surface area contributed by atoms with Gasteiger partial charge in [-0.3, -0.25) is 9.59 Å². The maximum atomic E-state index is 13.0. The van der Waals surface area contributed by atoms with Gasteiger partial charge >= 0.3 is 11.8 Å². The first-order valence-electron chi connectivity index (χ1n) is 10.2. The Morgan fingerprint density at radius 2 is 1.53 bits per heavy atom. The van der Waals surface area contributed by atoms with Crippen LogP contribution in [0.1, 0.15) is 31.2 Å². The number of rotatable bonds is 7. The molecule has 30 heavy (non-hydrogen) atoms. The number of sulfonamides is 1. The molecule has 2 amide bonds. The monoisotopic (exact) mass is 429 g/mol.